The number of fused-ring (bicyclic) bond motifs is 1. The lowest BCUT2D eigenvalue weighted by molar-refractivity contribution is 0.184. The van der Waals surface area contributed by atoms with Crippen LogP contribution in [0.15, 0.2) is 42.5 Å². The van der Waals surface area contributed by atoms with Crippen LogP contribution in [0.3, 0.4) is 0 Å². The van der Waals surface area contributed by atoms with E-state index in [1.807, 2.05) is 12.1 Å². The van der Waals surface area contributed by atoms with Crippen molar-refractivity contribution in [2.24, 2.45) is 11.7 Å². The maximum Gasteiger partial charge on any atom is 0.119 e. The van der Waals surface area contributed by atoms with E-state index in [-0.39, 0.29) is 12.1 Å². The molecule has 0 bridgehead atoms. The van der Waals surface area contributed by atoms with Gasteiger partial charge in [0.05, 0.1) is 19.8 Å². The Balaban J connectivity index is 1.35. The predicted molar refractivity (Wildman–Crippen MR) is 115 cm³/mol. The molecule has 2 aliphatic carbocycles. The van der Waals surface area contributed by atoms with Crippen LogP contribution in [0, 0.1) is 5.92 Å². The number of hydrogen-bond acceptors (Lipinski definition) is 4. The molecule has 4 nitrogen and oxygen atoms in total. The van der Waals surface area contributed by atoms with Crippen LogP contribution in [0.1, 0.15) is 53.9 Å². The van der Waals surface area contributed by atoms with E-state index in [9.17, 15) is 5.11 Å². The maximum atomic E-state index is 9.54. The van der Waals surface area contributed by atoms with Crippen LogP contribution in [0.5, 0.6) is 5.75 Å². The highest BCUT2D eigenvalue weighted by Crippen LogP contribution is 2.40. The highest BCUT2D eigenvalue weighted by Gasteiger charge is 2.36. The van der Waals surface area contributed by atoms with Gasteiger partial charge in [0.2, 0.25) is 0 Å². The van der Waals surface area contributed by atoms with Crippen molar-refractivity contribution in [1.29, 1.82) is 0 Å². The van der Waals surface area contributed by atoms with Gasteiger partial charge in [-0.2, -0.15) is 0 Å². The van der Waals surface area contributed by atoms with Gasteiger partial charge in [-0.15, -0.1) is 0 Å². The fraction of sp³-hybridized carbons (Fsp3) is 0.520. The summed E-state index contributed by atoms with van der Waals surface area (Å²) in [4.78, 5) is 0. The second-order valence-corrected chi connectivity index (χ2v) is 8.99. The van der Waals surface area contributed by atoms with Crippen LogP contribution < -0.4 is 10.5 Å². The van der Waals surface area contributed by atoms with E-state index in [0.717, 1.165) is 56.4 Å². The number of rotatable bonds is 7. The Morgan fingerprint density at radius 1 is 1.14 bits per heavy atom. The van der Waals surface area contributed by atoms with Crippen molar-refractivity contribution < 1.29 is 14.6 Å². The van der Waals surface area contributed by atoms with Gasteiger partial charge in [-0.25, -0.2) is 0 Å². The number of nitrogens with two attached hydrogens (primary N) is 1. The zero-order valence-corrected chi connectivity index (χ0v) is 17.4. The van der Waals surface area contributed by atoms with Crippen LogP contribution in [-0.2, 0) is 24.2 Å². The van der Waals surface area contributed by atoms with E-state index in [4.69, 9.17) is 15.2 Å². The summed E-state index contributed by atoms with van der Waals surface area (Å²) in [5.74, 6) is 1.96. The summed E-state index contributed by atoms with van der Waals surface area (Å²) in [6, 6.07) is 15.2. The third kappa shape index (κ3) is 4.82. The highest BCUT2D eigenvalue weighted by molar-refractivity contribution is 5.37. The van der Waals surface area contributed by atoms with Crippen molar-refractivity contribution in [2.75, 3.05) is 20.3 Å². The molecule has 2 aliphatic rings. The molecular formula is C25H33NO3. The smallest absolute Gasteiger partial charge is 0.119 e. The molecule has 0 amide bonds. The summed E-state index contributed by atoms with van der Waals surface area (Å²) in [5.41, 5.74) is 11.4. The number of aryl methyl sites for hydroxylation is 1. The Kier molecular flexibility index (Phi) is 6.23. The van der Waals surface area contributed by atoms with Gasteiger partial charge < -0.3 is 20.3 Å². The first kappa shape index (κ1) is 20.4. The van der Waals surface area contributed by atoms with Crippen molar-refractivity contribution in [3.05, 3.63) is 64.7 Å². The summed E-state index contributed by atoms with van der Waals surface area (Å²) < 4.78 is 11.3. The molecule has 0 aromatic heterocycles. The molecule has 0 radical (unpaired) electrons. The van der Waals surface area contributed by atoms with Crippen molar-refractivity contribution in [2.45, 2.75) is 56.6 Å². The lowest BCUT2D eigenvalue weighted by Gasteiger charge is -2.26. The number of ether oxygens (including phenoxy) is 2. The van der Waals surface area contributed by atoms with E-state index in [2.05, 4.69) is 30.3 Å². The third-order valence-electron chi connectivity index (χ3n) is 6.69. The molecule has 1 saturated carbocycles. The van der Waals surface area contributed by atoms with E-state index < -0.39 is 0 Å². The molecule has 4 rings (SSSR count). The number of benzene rings is 2. The van der Waals surface area contributed by atoms with Gasteiger partial charge in [0.25, 0.3) is 0 Å². The third-order valence-corrected chi connectivity index (χ3v) is 6.69. The van der Waals surface area contributed by atoms with E-state index >= 15 is 0 Å². The van der Waals surface area contributed by atoms with Gasteiger partial charge in [-0.05, 0) is 84.7 Å². The SMILES string of the molecule is COCc1cccc(OCC2CCc3cc([C@H]4CC[C@](N)(CO)C4)ccc3C2)c1. The van der Waals surface area contributed by atoms with Crippen LogP contribution in [0.25, 0.3) is 0 Å². The average Bonchev–Trinajstić information content (AvgIpc) is 3.15. The Morgan fingerprint density at radius 3 is 2.83 bits per heavy atom. The molecule has 0 spiro atoms. The molecule has 29 heavy (non-hydrogen) atoms. The molecule has 0 heterocycles. The number of methoxy groups -OCH3 is 1. The predicted octanol–water partition coefficient (Wildman–Crippen LogP) is 3.97. The van der Waals surface area contributed by atoms with Crippen LogP contribution in [0.4, 0.5) is 0 Å². The first-order chi connectivity index (χ1) is 14.1. The quantitative estimate of drug-likeness (QED) is 0.744. The summed E-state index contributed by atoms with van der Waals surface area (Å²) >= 11 is 0. The van der Waals surface area contributed by atoms with Crippen LogP contribution >= 0.6 is 0 Å². The molecule has 3 atom stereocenters. The molecule has 4 heteroatoms. The van der Waals surface area contributed by atoms with Gasteiger partial charge in [0.15, 0.2) is 0 Å². The molecule has 0 saturated heterocycles. The van der Waals surface area contributed by atoms with Crippen molar-refractivity contribution in [3.8, 4) is 5.75 Å². The minimum atomic E-state index is -0.385. The minimum Gasteiger partial charge on any atom is -0.493 e. The highest BCUT2D eigenvalue weighted by atomic mass is 16.5. The van der Waals surface area contributed by atoms with Gasteiger partial charge in [-0.1, -0.05) is 30.3 Å². The first-order valence-electron chi connectivity index (χ1n) is 10.8. The summed E-state index contributed by atoms with van der Waals surface area (Å²) in [6.45, 7) is 1.46. The van der Waals surface area contributed by atoms with Crippen molar-refractivity contribution >= 4 is 0 Å². The minimum absolute atomic E-state index is 0.0878. The normalized spacial score (nSPS) is 26.3. The van der Waals surface area contributed by atoms with Gasteiger partial charge >= 0.3 is 0 Å². The molecule has 1 fully saturated rings. The van der Waals surface area contributed by atoms with Crippen LogP contribution in [-0.4, -0.2) is 31.0 Å². The fourth-order valence-electron chi connectivity index (χ4n) is 4.94. The average molecular weight is 396 g/mol. The fourth-order valence-corrected chi connectivity index (χ4v) is 4.94. The second kappa shape index (κ2) is 8.86. The van der Waals surface area contributed by atoms with Gasteiger partial charge in [-0.3, -0.25) is 0 Å². The lowest BCUT2D eigenvalue weighted by atomic mass is 9.82. The zero-order valence-electron chi connectivity index (χ0n) is 17.4. The van der Waals surface area contributed by atoms with Crippen molar-refractivity contribution in [1.82, 2.24) is 0 Å². The molecular weight excluding hydrogens is 362 g/mol. The van der Waals surface area contributed by atoms with E-state index in [1.165, 1.54) is 16.7 Å². The monoisotopic (exact) mass is 395 g/mol. The summed E-state index contributed by atoms with van der Waals surface area (Å²) in [6.07, 6.45) is 6.23. The summed E-state index contributed by atoms with van der Waals surface area (Å²) in [7, 11) is 1.71. The molecule has 2 aromatic carbocycles. The maximum absolute atomic E-state index is 9.54. The van der Waals surface area contributed by atoms with Crippen molar-refractivity contribution in [3.63, 3.8) is 0 Å². The number of aliphatic hydroxyl groups is 1. The Bertz CT molecular complexity index is 837. The number of hydrogen-bond donors (Lipinski definition) is 2. The molecule has 1 unspecified atom stereocenters. The summed E-state index contributed by atoms with van der Waals surface area (Å²) in [5, 5.41) is 9.54. The first-order valence-corrected chi connectivity index (χ1v) is 10.8. The number of aliphatic hydroxyl groups excluding tert-OH is 1. The van der Waals surface area contributed by atoms with Gasteiger partial charge in [0, 0.05) is 12.6 Å². The van der Waals surface area contributed by atoms with E-state index in [0.29, 0.717) is 18.4 Å². The van der Waals surface area contributed by atoms with Gasteiger partial charge in [0.1, 0.15) is 5.75 Å². The molecule has 0 aliphatic heterocycles. The topological polar surface area (TPSA) is 64.7 Å². The Hall–Kier alpha value is -1.88. The molecule has 3 N–H and O–H groups in total. The Morgan fingerprint density at radius 2 is 2.03 bits per heavy atom. The Labute approximate surface area is 174 Å². The largest absolute Gasteiger partial charge is 0.493 e. The molecule has 2 aromatic rings. The van der Waals surface area contributed by atoms with E-state index in [1.54, 1.807) is 7.11 Å². The zero-order chi connectivity index (χ0) is 20.3. The second-order valence-electron chi connectivity index (χ2n) is 8.99. The van der Waals surface area contributed by atoms with Crippen LogP contribution in [0.2, 0.25) is 0 Å². The molecule has 156 valence electrons. The lowest BCUT2D eigenvalue weighted by Crippen LogP contribution is -2.40. The standard InChI is InChI=1S/C25H33NO3/c1-28-15-18-3-2-4-24(12-18)29-16-19-5-6-21-13-22(8-7-20(21)11-19)23-9-10-25(26,14-23)17-27/h2-4,7-8,12-13,19,23,27H,5-6,9-11,14-17,26H2,1H3/t19?,23-,25+/m0/s1.